The minimum atomic E-state index is -0.461. The van der Waals surface area contributed by atoms with Crippen molar-refractivity contribution < 1.29 is 9.53 Å². The number of allylic oxidation sites excluding steroid dienone is 1. The van der Waals surface area contributed by atoms with Gasteiger partial charge in [-0.3, -0.25) is 4.99 Å². The van der Waals surface area contributed by atoms with E-state index in [1.165, 1.54) is 5.57 Å². The van der Waals surface area contributed by atoms with E-state index in [2.05, 4.69) is 35.1 Å². The third-order valence-electron chi connectivity index (χ3n) is 3.38. The molecule has 1 aliphatic heterocycles. The molecule has 1 heterocycles. The first-order chi connectivity index (χ1) is 10.3. The fourth-order valence-corrected chi connectivity index (χ4v) is 2.57. The van der Waals surface area contributed by atoms with E-state index in [-0.39, 0.29) is 12.1 Å². The highest BCUT2D eigenvalue weighted by atomic mass is 16.6. The van der Waals surface area contributed by atoms with Crippen LogP contribution in [0, 0.1) is 0 Å². The number of nitrogens with zero attached hydrogens (tertiary/aromatic N) is 2. The molecule has 0 aromatic carbocycles. The van der Waals surface area contributed by atoms with Gasteiger partial charge in [0.1, 0.15) is 11.4 Å². The molecule has 0 unspecified atom stereocenters. The van der Waals surface area contributed by atoms with Crippen molar-refractivity contribution in [2.24, 2.45) is 4.99 Å². The van der Waals surface area contributed by atoms with Gasteiger partial charge in [-0.1, -0.05) is 13.0 Å². The molecule has 0 spiro atoms. The summed E-state index contributed by atoms with van der Waals surface area (Å²) in [6.45, 7) is 14.4. The van der Waals surface area contributed by atoms with Crippen molar-refractivity contribution in [3.05, 3.63) is 11.6 Å². The number of alkyl carbamates (subject to hydrolysis) is 1. The molecule has 1 saturated heterocycles. The summed E-state index contributed by atoms with van der Waals surface area (Å²) >= 11 is 0. The first-order valence-corrected chi connectivity index (χ1v) is 8.22. The van der Waals surface area contributed by atoms with Crippen molar-refractivity contribution in [3.8, 4) is 0 Å². The summed E-state index contributed by atoms with van der Waals surface area (Å²) in [6.07, 6.45) is 3.78. The zero-order valence-electron chi connectivity index (χ0n) is 14.9. The third-order valence-corrected chi connectivity index (χ3v) is 3.38. The Balaban J connectivity index is 2.62. The number of nitrogens with one attached hydrogen (secondary N) is 1. The second-order valence-corrected chi connectivity index (χ2v) is 6.67. The Morgan fingerprint density at radius 2 is 2.09 bits per heavy atom. The van der Waals surface area contributed by atoms with Gasteiger partial charge in [-0.2, -0.15) is 0 Å². The normalized spacial score (nSPS) is 20.3. The third kappa shape index (κ3) is 6.08. The number of aliphatic imine (C=N–C) groups is 1. The second kappa shape index (κ2) is 8.20. The van der Waals surface area contributed by atoms with Crippen LogP contribution in [0.2, 0.25) is 0 Å². The molecule has 1 fully saturated rings. The highest BCUT2D eigenvalue weighted by molar-refractivity contribution is 5.98. The fourth-order valence-electron chi connectivity index (χ4n) is 2.57. The number of amidine groups is 1. The molecule has 1 atom stereocenters. The second-order valence-electron chi connectivity index (χ2n) is 6.67. The van der Waals surface area contributed by atoms with E-state index in [0.29, 0.717) is 0 Å². The maximum absolute atomic E-state index is 11.9. The number of carbonyl (C=O) groups is 1. The van der Waals surface area contributed by atoms with E-state index in [0.717, 1.165) is 38.3 Å². The molecule has 1 N–H and O–H groups in total. The number of carbonyl (C=O) groups excluding carboxylic acids is 1. The van der Waals surface area contributed by atoms with Crippen LogP contribution in [0.25, 0.3) is 0 Å². The number of rotatable bonds is 4. The molecule has 5 nitrogen and oxygen atoms in total. The van der Waals surface area contributed by atoms with Gasteiger partial charge in [0.25, 0.3) is 0 Å². The molecule has 0 aliphatic carbocycles. The highest BCUT2D eigenvalue weighted by Crippen LogP contribution is 2.15. The summed E-state index contributed by atoms with van der Waals surface area (Å²) in [5.74, 6) is 1.05. The van der Waals surface area contributed by atoms with E-state index >= 15 is 0 Å². The Morgan fingerprint density at radius 3 is 2.64 bits per heavy atom. The van der Waals surface area contributed by atoms with Crippen molar-refractivity contribution in [2.75, 3.05) is 19.6 Å². The van der Waals surface area contributed by atoms with Crippen LogP contribution in [0.15, 0.2) is 16.6 Å². The van der Waals surface area contributed by atoms with Gasteiger partial charge in [0.15, 0.2) is 0 Å². The van der Waals surface area contributed by atoms with Crippen molar-refractivity contribution in [1.82, 2.24) is 10.2 Å². The van der Waals surface area contributed by atoms with Crippen LogP contribution in [0.3, 0.4) is 0 Å². The quantitative estimate of drug-likeness (QED) is 0.640. The van der Waals surface area contributed by atoms with Crippen LogP contribution in [0.4, 0.5) is 4.79 Å². The molecule has 0 aromatic rings. The standard InChI is InChI=1S/C17H31N3O2/c1-7-9-13(3)15(18-8-2)20-11-10-14(12-20)19-16(21)22-17(4,5)6/h9,14H,7-8,10-12H2,1-6H3,(H,19,21)/b13-9+,18-15?/t14-/m1/s1. The predicted octanol–water partition coefficient (Wildman–Crippen LogP) is 3.36. The van der Waals surface area contributed by atoms with Gasteiger partial charge in [-0.25, -0.2) is 4.79 Å². The molecular formula is C17H31N3O2. The number of hydrogen-bond donors (Lipinski definition) is 1. The molecule has 126 valence electrons. The van der Waals surface area contributed by atoms with Gasteiger partial charge in [0, 0.05) is 19.6 Å². The molecule has 1 aliphatic rings. The number of likely N-dealkylation sites (tertiary alicyclic amines) is 1. The lowest BCUT2D eigenvalue weighted by atomic mass is 10.2. The van der Waals surface area contributed by atoms with E-state index in [1.54, 1.807) is 0 Å². The van der Waals surface area contributed by atoms with Crippen molar-refractivity contribution in [2.45, 2.75) is 66.0 Å². The number of amides is 1. The molecular weight excluding hydrogens is 278 g/mol. The zero-order chi connectivity index (χ0) is 16.8. The van der Waals surface area contributed by atoms with Gasteiger partial charge in [-0.15, -0.1) is 0 Å². The average molecular weight is 309 g/mol. The maximum atomic E-state index is 11.9. The summed E-state index contributed by atoms with van der Waals surface area (Å²) in [5, 5.41) is 2.96. The molecule has 1 rings (SSSR count). The monoisotopic (exact) mass is 309 g/mol. The minimum Gasteiger partial charge on any atom is -0.444 e. The van der Waals surface area contributed by atoms with Gasteiger partial charge >= 0.3 is 6.09 Å². The van der Waals surface area contributed by atoms with Gasteiger partial charge in [0.2, 0.25) is 0 Å². The molecule has 5 heteroatoms. The van der Waals surface area contributed by atoms with Crippen molar-refractivity contribution in [3.63, 3.8) is 0 Å². The number of hydrogen-bond acceptors (Lipinski definition) is 3. The maximum Gasteiger partial charge on any atom is 0.407 e. The molecule has 1 amide bonds. The summed E-state index contributed by atoms with van der Waals surface area (Å²) in [5.41, 5.74) is 0.750. The minimum absolute atomic E-state index is 0.117. The molecule has 0 radical (unpaired) electrons. The number of ether oxygens (including phenoxy) is 1. The smallest absolute Gasteiger partial charge is 0.407 e. The first-order valence-electron chi connectivity index (χ1n) is 8.22. The van der Waals surface area contributed by atoms with Gasteiger partial charge in [0.05, 0.1) is 6.04 Å². The lowest BCUT2D eigenvalue weighted by Crippen LogP contribution is -2.41. The van der Waals surface area contributed by atoms with Crippen LogP contribution in [0.5, 0.6) is 0 Å². The summed E-state index contributed by atoms with van der Waals surface area (Å²) in [6, 6.07) is 0.117. The van der Waals surface area contributed by atoms with Crippen molar-refractivity contribution >= 4 is 11.9 Å². The van der Waals surface area contributed by atoms with E-state index in [4.69, 9.17) is 4.74 Å². The first kappa shape index (κ1) is 18.5. The van der Waals surface area contributed by atoms with E-state index in [9.17, 15) is 4.79 Å². The molecule has 0 saturated carbocycles. The highest BCUT2D eigenvalue weighted by Gasteiger charge is 2.28. The van der Waals surface area contributed by atoms with Crippen LogP contribution >= 0.6 is 0 Å². The lowest BCUT2D eigenvalue weighted by Gasteiger charge is -2.23. The van der Waals surface area contributed by atoms with Crippen LogP contribution in [-0.4, -0.2) is 48.1 Å². The van der Waals surface area contributed by atoms with Crippen LogP contribution < -0.4 is 5.32 Å². The molecule has 22 heavy (non-hydrogen) atoms. The largest absolute Gasteiger partial charge is 0.444 e. The van der Waals surface area contributed by atoms with Crippen molar-refractivity contribution in [1.29, 1.82) is 0 Å². The fraction of sp³-hybridized carbons (Fsp3) is 0.765. The topological polar surface area (TPSA) is 53.9 Å². The Labute approximate surface area is 134 Å². The van der Waals surface area contributed by atoms with E-state index < -0.39 is 5.60 Å². The van der Waals surface area contributed by atoms with E-state index in [1.807, 2.05) is 27.7 Å². The summed E-state index contributed by atoms with van der Waals surface area (Å²) < 4.78 is 5.32. The Bertz CT molecular complexity index is 436. The molecule has 0 bridgehead atoms. The average Bonchev–Trinajstić information content (AvgIpc) is 2.81. The molecule has 0 aromatic heterocycles. The Morgan fingerprint density at radius 1 is 1.41 bits per heavy atom. The Hall–Kier alpha value is -1.52. The zero-order valence-corrected chi connectivity index (χ0v) is 14.9. The van der Waals surface area contributed by atoms with Gasteiger partial charge in [-0.05, 0) is 53.0 Å². The summed E-state index contributed by atoms with van der Waals surface area (Å²) in [7, 11) is 0. The SMILES string of the molecule is CC/C=C(\C)C(=NCC)N1CC[C@@H](NC(=O)OC(C)(C)C)C1. The van der Waals surface area contributed by atoms with Crippen LogP contribution in [-0.2, 0) is 4.74 Å². The predicted molar refractivity (Wildman–Crippen MR) is 91.4 cm³/mol. The lowest BCUT2D eigenvalue weighted by molar-refractivity contribution is 0.0507. The Kier molecular flexibility index (Phi) is 6.91. The summed E-state index contributed by atoms with van der Waals surface area (Å²) in [4.78, 5) is 18.7. The van der Waals surface area contributed by atoms with Gasteiger partial charge < -0.3 is 15.0 Å². The van der Waals surface area contributed by atoms with Crippen LogP contribution in [0.1, 0.15) is 54.4 Å².